The Hall–Kier alpha value is -4.59. The number of aryl methyl sites for hydroxylation is 1. The molecule has 3 aliphatic rings. The summed E-state index contributed by atoms with van der Waals surface area (Å²) >= 11 is 0. The number of piperidine rings is 1. The van der Waals surface area contributed by atoms with Gasteiger partial charge in [-0.25, -0.2) is 4.98 Å². The average molecular weight is 553 g/mol. The third-order valence-electron chi connectivity index (χ3n) is 7.44. The van der Waals surface area contributed by atoms with E-state index >= 15 is 0 Å². The van der Waals surface area contributed by atoms with Crippen LogP contribution in [0.15, 0.2) is 70.3 Å². The predicted octanol–water partition coefficient (Wildman–Crippen LogP) is 3.92. The number of carbonyl (C=O) groups is 2. The van der Waals surface area contributed by atoms with Gasteiger partial charge in [-0.1, -0.05) is 19.3 Å². The Kier molecular flexibility index (Phi) is 8.10. The number of anilines is 1. The van der Waals surface area contributed by atoms with Gasteiger partial charge in [0.1, 0.15) is 23.5 Å². The minimum atomic E-state index is -0.336. The number of pyridine rings is 1. The number of aliphatic imine (C=N–C) groups is 2. The quantitative estimate of drug-likeness (QED) is 0.306. The van der Waals surface area contributed by atoms with E-state index in [1.807, 2.05) is 12.1 Å². The van der Waals surface area contributed by atoms with Gasteiger partial charge in [0.05, 0.1) is 36.7 Å². The van der Waals surface area contributed by atoms with Crippen LogP contribution in [0.25, 0.3) is 0 Å². The molecule has 0 spiro atoms. The highest BCUT2D eigenvalue weighted by Gasteiger charge is 2.47. The van der Waals surface area contributed by atoms with Gasteiger partial charge in [0, 0.05) is 12.7 Å². The summed E-state index contributed by atoms with van der Waals surface area (Å²) in [6.45, 7) is 4.36. The molecule has 2 unspecified atom stereocenters. The number of allylic oxidation sites excluding steroid dienone is 1. The first-order chi connectivity index (χ1) is 19.9. The van der Waals surface area contributed by atoms with Crippen molar-refractivity contribution in [2.24, 2.45) is 15.8 Å². The van der Waals surface area contributed by atoms with Crippen LogP contribution >= 0.6 is 0 Å². The van der Waals surface area contributed by atoms with Gasteiger partial charge < -0.3 is 15.0 Å². The highest BCUT2D eigenvalue weighted by atomic mass is 16.5. The SMILES string of the molecule is CC#CC(=O)N1CCCCC1C1=C2C=NC=C[N+]2(N)C(c2ccc(C(=O)Nc3cc(CCC)ccn3)c(OC)c2)=N1. The molecular formula is C31H34N7O3+. The van der Waals surface area contributed by atoms with Crippen molar-refractivity contribution in [3.8, 4) is 17.6 Å². The first-order valence-corrected chi connectivity index (χ1v) is 13.8. The minimum Gasteiger partial charge on any atom is -0.496 e. The van der Waals surface area contributed by atoms with Crippen molar-refractivity contribution in [3.05, 3.63) is 77.0 Å². The summed E-state index contributed by atoms with van der Waals surface area (Å²) in [5.74, 6) is 13.2. The summed E-state index contributed by atoms with van der Waals surface area (Å²) < 4.78 is 5.44. The molecule has 2 atom stereocenters. The van der Waals surface area contributed by atoms with Crippen molar-refractivity contribution < 1.29 is 18.9 Å². The number of quaternary nitrogens is 1. The maximum Gasteiger partial charge on any atom is 0.299 e. The largest absolute Gasteiger partial charge is 0.496 e. The van der Waals surface area contributed by atoms with Crippen LogP contribution in [0.3, 0.4) is 0 Å². The van der Waals surface area contributed by atoms with E-state index in [0.717, 1.165) is 37.7 Å². The van der Waals surface area contributed by atoms with E-state index in [1.54, 1.807) is 54.8 Å². The topological polar surface area (TPSA) is 122 Å². The Morgan fingerprint density at radius 2 is 2.10 bits per heavy atom. The van der Waals surface area contributed by atoms with Crippen LogP contribution < -0.4 is 15.9 Å². The molecule has 1 fully saturated rings. The molecule has 4 heterocycles. The Labute approximate surface area is 239 Å². The number of likely N-dealkylation sites (tertiary alicyclic amines) is 1. The number of nitrogens with one attached hydrogen (secondary N) is 1. The molecule has 2 amide bonds. The van der Waals surface area contributed by atoms with Gasteiger partial charge in [0.15, 0.2) is 0 Å². The summed E-state index contributed by atoms with van der Waals surface area (Å²) in [4.78, 5) is 41.5. The van der Waals surface area contributed by atoms with Crippen molar-refractivity contribution >= 4 is 29.7 Å². The molecule has 1 aromatic carbocycles. The summed E-state index contributed by atoms with van der Waals surface area (Å²) in [5.41, 5.74) is 3.52. The molecular weight excluding hydrogens is 518 g/mol. The van der Waals surface area contributed by atoms with Gasteiger partial charge in [-0.2, -0.15) is 10.8 Å². The van der Waals surface area contributed by atoms with Gasteiger partial charge in [-0.15, -0.1) is 4.59 Å². The number of amides is 2. The number of amidine groups is 1. The summed E-state index contributed by atoms with van der Waals surface area (Å²) in [6, 6.07) is 8.80. The van der Waals surface area contributed by atoms with Crippen molar-refractivity contribution in [2.75, 3.05) is 19.0 Å². The molecule has 10 nitrogen and oxygen atoms in total. The Balaban J connectivity index is 1.48. The fourth-order valence-electron chi connectivity index (χ4n) is 5.48. The maximum absolute atomic E-state index is 13.2. The smallest absolute Gasteiger partial charge is 0.299 e. The van der Waals surface area contributed by atoms with Gasteiger partial charge in [-0.3, -0.25) is 14.6 Å². The van der Waals surface area contributed by atoms with Crippen molar-refractivity contribution in [1.82, 2.24) is 9.88 Å². The molecule has 3 N–H and O–H groups in total. The van der Waals surface area contributed by atoms with Crippen molar-refractivity contribution in [3.63, 3.8) is 0 Å². The van der Waals surface area contributed by atoms with E-state index < -0.39 is 0 Å². The van der Waals surface area contributed by atoms with Crippen molar-refractivity contribution in [2.45, 2.75) is 52.0 Å². The standard InChI is InChI=1S/C31H33N7O3/c1-4-8-21-13-14-34-27(18-21)35-31(40)23-12-11-22(19-26(23)41-3)30-36-29(25-20-33-15-17-38(25,30)32)24-10-6-7-16-37(24)28(39)9-5-2/h11-15,17-20,24H,4,6-8,10,16,32H2,1-3H3/p+1. The van der Waals surface area contributed by atoms with Crippen LogP contribution in [0.5, 0.6) is 5.75 Å². The number of fused-ring (bicyclic) bond motifs is 1. The fraction of sp³-hybridized carbons (Fsp3) is 0.323. The Bertz CT molecular complexity index is 1560. The number of carbonyl (C=O) groups excluding carboxylic acids is 2. The molecule has 10 heteroatoms. The molecule has 0 bridgehead atoms. The molecule has 41 heavy (non-hydrogen) atoms. The minimum absolute atomic E-state index is 0.209. The number of nitrogens with two attached hydrogens (primary N) is 1. The normalized spacial score (nSPS) is 21.1. The van der Waals surface area contributed by atoms with Crippen LogP contribution in [-0.4, -0.2) is 58.0 Å². The molecule has 1 aromatic heterocycles. The first-order valence-electron chi connectivity index (χ1n) is 13.8. The monoisotopic (exact) mass is 552 g/mol. The second-order valence-electron chi connectivity index (χ2n) is 10.1. The zero-order chi connectivity index (χ0) is 29.0. The Morgan fingerprint density at radius 3 is 2.88 bits per heavy atom. The van der Waals surface area contributed by atoms with E-state index in [1.165, 1.54) is 7.11 Å². The molecule has 3 aliphatic heterocycles. The lowest BCUT2D eigenvalue weighted by atomic mass is 9.98. The molecule has 5 rings (SSSR count). The third-order valence-corrected chi connectivity index (χ3v) is 7.44. The van der Waals surface area contributed by atoms with Crippen LogP contribution in [0.2, 0.25) is 0 Å². The lowest BCUT2D eigenvalue weighted by Gasteiger charge is -2.34. The van der Waals surface area contributed by atoms with Crippen molar-refractivity contribution in [1.29, 1.82) is 0 Å². The molecule has 0 radical (unpaired) electrons. The third kappa shape index (κ3) is 5.42. The van der Waals surface area contributed by atoms with Crippen LogP contribution in [0, 0.1) is 11.8 Å². The molecule has 0 saturated carbocycles. The van der Waals surface area contributed by atoms with Gasteiger partial charge in [0.2, 0.25) is 5.70 Å². The average Bonchev–Trinajstić information content (AvgIpc) is 3.30. The van der Waals surface area contributed by atoms with E-state index in [2.05, 4.69) is 34.1 Å². The summed E-state index contributed by atoms with van der Waals surface area (Å²) in [6.07, 6.45) is 11.3. The zero-order valence-corrected chi connectivity index (χ0v) is 23.6. The first kappa shape index (κ1) is 28.0. The van der Waals surface area contributed by atoms with Crippen LogP contribution in [0.1, 0.15) is 61.0 Å². The zero-order valence-electron chi connectivity index (χ0n) is 23.6. The number of rotatable bonds is 7. The lowest BCUT2D eigenvalue weighted by Crippen LogP contribution is -2.53. The second-order valence-corrected chi connectivity index (χ2v) is 10.1. The van der Waals surface area contributed by atoms with E-state index in [4.69, 9.17) is 15.6 Å². The number of aromatic nitrogens is 1. The van der Waals surface area contributed by atoms with Gasteiger partial charge in [0.25, 0.3) is 17.6 Å². The number of nitrogens with zero attached hydrogens (tertiary/aromatic N) is 5. The molecule has 0 aliphatic carbocycles. The molecule has 1 saturated heterocycles. The second kappa shape index (κ2) is 11.9. The van der Waals surface area contributed by atoms with Gasteiger partial charge >= 0.3 is 0 Å². The van der Waals surface area contributed by atoms with Gasteiger partial charge in [-0.05, 0) is 74.4 Å². The van der Waals surface area contributed by atoms with E-state index in [0.29, 0.717) is 46.5 Å². The number of hydrogen-bond donors (Lipinski definition) is 2. The fourth-order valence-corrected chi connectivity index (χ4v) is 5.48. The Morgan fingerprint density at radius 1 is 1.24 bits per heavy atom. The molecule has 2 aromatic rings. The highest BCUT2D eigenvalue weighted by Crippen LogP contribution is 2.37. The number of ether oxygens (including phenoxy) is 1. The molecule has 210 valence electrons. The summed E-state index contributed by atoms with van der Waals surface area (Å²) in [5, 5.41) is 2.88. The number of benzene rings is 1. The maximum atomic E-state index is 13.2. The highest BCUT2D eigenvalue weighted by molar-refractivity contribution is 6.07. The van der Waals surface area contributed by atoms with E-state index in [9.17, 15) is 9.59 Å². The summed E-state index contributed by atoms with van der Waals surface area (Å²) in [7, 11) is 1.52. The van der Waals surface area contributed by atoms with Crippen LogP contribution in [-0.2, 0) is 11.2 Å². The van der Waals surface area contributed by atoms with Crippen LogP contribution in [0.4, 0.5) is 5.82 Å². The van der Waals surface area contributed by atoms with E-state index in [-0.39, 0.29) is 22.4 Å². The predicted molar refractivity (Wildman–Crippen MR) is 158 cm³/mol. The lowest BCUT2D eigenvalue weighted by molar-refractivity contribution is -0.750. The number of hydrogen-bond acceptors (Lipinski definition) is 7. The number of methoxy groups -OCH3 is 1.